The van der Waals surface area contributed by atoms with Crippen molar-refractivity contribution >= 4 is 5.71 Å². The highest BCUT2D eigenvalue weighted by atomic mass is 16.6. The minimum Gasteiger partial charge on any atom is -0.497 e. The van der Waals surface area contributed by atoms with Crippen molar-refractivity contribution in [2.45, 2.75) is 27.4 Å². The number of rotatable bonds is 7. The second-order valence-corrected chi connectivity index (χ2v) is 7.80. The zero-order chi connectivity index (χ0) is 22.5. The lowest BCUT2D eigenvalue weighted by Crippen LogP contribution is -2.03. The molecule has 0 atom stereocenters. The average Bonchev–Trinajstić information content (AvgIpc) is 3.18. The highest BCUT2D eigenvalue weighted by Gasteiger charge is 2.17. The molecule has 4 rings (SSSR count). The second kappa shape index (κ2) is 9.56. The summed E-state index contributed by atoms with van der Waals surface area (Å²) in [4.78, 5) is 5.72. The Morgan fingerprint density at radius 3 is 2.25 bits per heavy atom. The fraction of sp³-hybridized carbons (Fsp3) is 0.179. The first kappa shape index (κ1) is 21.4. The van der Waals surface area contributed by atoms with Gasteiger partial charge in [-0.2, -0.15) is 0 Å². The predicted octanol–water partition coefficient (Wildman–Crippen LogP) is 6.71. The Morgan fingerprint density at radius 1 is 0.875 bits per heavy atom. The molecule has 0 spiro atoms. The van der Waals surface area contributed by atoms with Crippen molar-refractivity contribution in [1.82, 2.24) is 4.57 Å². The van der Waals surface area contributed by atoms with Crippen LogP contribution in [0.3, 0.4) is 0 Å². The summed E-state index contributed by atoms with van der Waals surface area (Å²) in [7, 11) is 1.68. The third-order valence-corrected chi connectivity index (χ3v) is 5.72. The first-order valence-corrected chi connectivity index (χ1v) is 10.7. The van der Waals surface area contributed by atoms with Crippen molar-refractivity contribution in [3.63, 3.8) is 0 Å². The number of aryl methyl sites for hydroxylation is 1. The summed E-state index contributed by atoms with van der Waals surface area (Å²) < 4.78 is 7.59. The van der Waals surface area contributed by atoms with E-state index in [9.17, 15) is 0 Å². The van der Waals surface area contributed by atoms with Crippen LogP contribution in [0.15, 0.2) is 90.1 Å². The number of nitrogens with zero attached hydrogens (tertiary/aromatic N) is 2. The molecular weight excluding hydrogens is 396 g/mol. The molecular formula is C28H28N2O2. The summed E-state index contributed by atoms with van der Waals surface area (Å²) in [5, 5.41) is 4.44. The van der Waals surface area contributed by atoms with E-state index in [1.165, 1.54) is 5.56 Å². The zero-order valence-electron chi connectivity index (χ0n) is 19.0. The van der Waals surface area contributed by atoms with E-state index < -0.39 is 0 Å². The van der Waals surface area contributed by atoms with Crippen LogP contribution in [0, 0.1) is 13.8 Å². The molecule has 0 radical (unpaired) electrons. The van der Waals surface area contributed by atoms with Gasteiger partial charge in [0.15, 0.2) is 0 Å². The molecule has 1 heterocycles. The number of oxime groups is 1. The normalized spacial score (nSPS) is 11.4. The van der Waals surface area contributed by atoms with Gasteiger partial charge < -0.3 is 14.1 Å². The smallest absolute Gasteiger partial charge is 0.142 e. The number of aromatic nitrogens is 1. The lowest BCUT2D eigenvalue weighted by Gasteiger charge is -2.13. The fourth-order valence-electron chi connectivity index (χ4n) is 3.88. The Bertz CT molecular complexity index is 1220. The Labute approximate surface area is 189 Å². The molecule has 4 aromatic rings. The molecule has 0 aliphatic heterocycles. The van der Waals surface area contributed by atoms with Crippen LogP contribution in [0.2, 0.25) is 0 Å². The van der Waals surface area contributed by atoms with Crippen LogP contribution in [-0.2, 0) is 11.4 Å². The Hall–Kier alpha value is -3.79. The Morgan fingerprint density at radius 2 is 1.56 bits per heavy atom. The van der Waals surface area contributed by atoms with Crippen molar-refractivity contribution in [2.24, 2.45) is 5.16 Å². The lowest BCUT2D eigenvalue weighted by molar-refractivity contribution is 0.130. The van der Waals surface area contributed by atoms with Gasteiger partial charge in [0, 0.05) is 16.9 Å². The van der Waals surface area contributed by atoms with Crippen LogP contribution in [-0.4, -0.2) is 17.4 Å². The SMILES string of the molecule is COc1ccc(-n2c(-c3ccccc3)cc(/C(C)=N/OCc3ccccc3C)c2C)cc1. The number of hydrogen-bond donors (Lipinski definition) is 0. The molecule has 0 saturated heterocycles. The van der Waals surface area contributed by atoms with Crippen LogP contribution < -0.4 is 4.74 Å². The molecule has 4 nitrogen and oxygen atoms in total. The minimum absolute atomic E-state index is 0.452. The molecule has 0 fully saturated rings. The van der Waals surface area contributed by atoms with Gasteiger partial charge in [-0.25, -0.2) is 0 Å². The van der Waals surface area contributed by atoms with Gasteiger partial charge in [-0.15, -0.1) is 0 Å². The lowest BCUT2D eigenvalue weighted by atomic mass is 10.1. The van der Waals surface area contributed by atoms with Gasteiger partial charge in [0.2, 0.25) is 0 Å². The van der Waals surface area contributed by atoms with E-state index in [2.05, 4.69) is 78.2 Å². The largest absolute Gasteiger partial charge is 0.497 e. The summed E-state index contributed by atoms with van der Waals surface area (Å²) in [6.45, 7) is 6.65. The zero-order valence-corrected chi connectivity index (χ0v) is 19.0. The van der Waals surface area contributed by atoms with Crippen molar-refractivity contribution in [3.8, 4) is 22.7 Å². The summed E-state index contributed by atoms with van der Waals surface area (Å²) in [5.74, 6) is 0.836. The van der Waals surface area contributed by atoms with E-state index in [1.54, 1.807) is 7.11 Å². The molecule has 4 heteroatoms. The van der Waals surface area contributed by atoms with E-state index in [1.807, 2.05) is 37.3 Å². The van der Waals surface area contributed by atoms with Crippen LogP contribution >= 0.6 is 0 Å². The minimum atomic E-state index is 0.452. The second-order valence-electron chi connectivity index (χ2n) is 7.80. The van der Waals surface area contributed by atoms with Crippen LogP contribution in [0.5, 0.6) is 5.75 Å². The molecule has 0 N–H and O–H groups in total. The van der Waals surface area contributed by atoms with E-state index in [0.29, 0.717) is 6.61 Å². The highest BCUT2D eigenvalue weighted by Crippen LogP contribution is 2.30. The summed E-state index contributed by atoms with van der Waals surface area (Å²) in [5.41, 5.74) is 8.68. The van der Waals surface area contributed by atoms with Crippen molar-refractivity contribution in [3.05, 3.63) is 107 Å². The van der Waals surface area contributed by atoms with Crippen molar-refractivity contribution < 1.29 is 9.57 Å². The van der Waals surface area contributed by atoms with Gasteiger partial charge in [0.1, 0.15) is 12.4 Å². The molecule has 0 aliphatic rings. The summed E-state index contributed by atoms with van der Waals surface area (Å²) in [6.07, 6.45) is 0. The highest BCUT2D eigenvalue weighted by molar-refractivity contribution is 6.01. The first-order chi connectivity index (χ1) is 15.6. The van der Waals surface area contributed by atoms with Crippen LogP contribution in [0.1, 0.15) is 29.3 Å². The maximum atomic E-state index is 5.72. The number of methoxy groups -OCH3 is 1. The van der Waals surface area contributed by atoms with Crippen molar-refractivity contribution in [1.29, 1.82) is 0 Å². The summed E-state index contributed by atoms with van der Waals surface area (Å²) in [6, 6.07) is 28.9. The maximum absolute atomic E-state index is 5.72. The van der Waals surface area contributed by atoms with E-state index >= 15 is 0 Å². The Balaban J connectivity index is 1.71. The van der Waals surface area contributed by atoms with Gasteiger partial charge in [0.05, 0.1) is 18.5 Å². The third-order valence-electron chi connectivity index (χ3n) is 5.72. The topological polar surface area (TPSA) is 35.8 Å². The monoisotopic (exact) mass is 424 g/mol. The van der Waals surface area contributed by atoms with Gasteiger partial charge in [-0.3, -0.25) is 0 Å². The average molecular weight is 425 g/mol. The molecule has 0 saturated carbocycles. The Kier molecular flexibility index (Phi) is 6.41. The molecule has 162 valence electrons. The van der Waals surface area contributed by atoms with E-state index in [-0.39, 0.29) is 0 Å². The number of benzene rings is 3. The number of hydrogen-bond acceptors (Lipinski definition) is 3. The van der Waals surface area contributed by atoms with E-state index in [4.69, 9.17) is 9.57 Å². The quantitative estimate of drug-likeness (QED) is 0.244. The molecule has 0 amide bonds. The molecule has 0 unspecified atom stereocenters. The molecule has 32 heavy (non-hydrogen) atoms. The maximum Gasteiger partial charge on any atom is 0.142 e. The predicted molar refractivity (Wildman–Crippen MR) is 131 cm³/mol. The van der Waals surface area contributed by atoms with Crippen LogP contribution in [0.4, 0.5) is 0 Å². The van der Waals surface area contributed by atoms with Gasteiger partial charge >= 0.3 is 0 Å². The fourth-order valence-corrected chi connectivity index (χ4v) is 3.88. The standard InChI is InChI=1S/C28H28N2O2/c1-20-10-8-9-13-24(20)19-32-29-21(2)27-18-28(23-11-6-5-7-12-23)30(22(27)3)25-14-16-26(31-4)17-15-25/h5-18H,19H2,1-4H3/b29-21+. The number of ether oxygens (including phenoxy) is 1. The molecule has 1 aromatic heterocycles. The first-order valence-electron chi connectivity index (χ1n) is 10.7. The van der Waals surface area contributed by atoms with Gasteiger partial charge in [-0.05, 0) is 67.8 Å². The molecule has 3 aromatic carbocycles. The summed E-state index contributed by atoms with van der Waals surface area (Å²) >= 11 is 0. The third kappa shape index (κ3) is 4.45. The molecule has 0 bridgehead atoms. The van der Waals surface area contributed by atoms with Gasteiger partial charge in [0.25, 0.3) is 0 Å². The van der Waals surface area contributed by atoms with Gasteiger partial charge in [-0.1, -0.05) is 59.8 Å². The van der Waals surface area contributed by atoms with Crippen molar-refractivity contribution in [2.75, 3.05) is 7.11 Å². The van der Waals surface area contributed by atoms with Crippen LogP contribution in [0.25, 0.3) is 16.9 Å². The van der Waals surface area contributed by atoms with E-state index in [0.717, 1.165) is 45.2 Å². The molecule has 0 aliphatic carbocycles.